The van der Waals surface area contributed by atoms with Crippen molar-refractivity contribution >= 4 is 18.5 Å². The van der Waals surface area contributed by atoms with E-state index in [1.165, 1.54) is 44.6 Å². The zero-order chi connectivity index (χ0) is 16.9. The Morgan fingerprint density at radius 1 is 1.13 bits per heavy atom. The first-order chi connectivity index (χ1) is 11.2. The normalized spacial score (nSPS) is 12.1. The molecule has 1 aromatic carbocycles. The fourth-order valence-corrected chi connectivity index (χ4v) is 3.08. The molecule has 130 valence electrons. The van der Waals surface area contributed by atoms with E-state index in [0.29, 0.717) is 18.0 Å². The van der Waals surface area contributed by atoms with Crippen LogP contribution in [0, 0.1) is 5.92 Å². The van der Waals surface area contributed by atoms with Crippen LogP contribution in [-0.4, -0.2) is 23.3 Å². The molecule has 1 rings (SSSR count). The average Bonchev–Trinajstić information content (AvgIpc) is 2.56. The van der Waals surface area contributed by atoms with Gasteiger partial charge in [-0.1, -0.05) is 51.2 Å². The van der Waals surface area contributed by atoms with Gasteiger partial charge in [-0.05, 0) is 43.1 Å². The fourth-order valence-electron chi connectivity index (χ4n) is 2.72. The summed E-state index contributed by atoms with van der Waals surface area (Å²) in [5.74, 6) is 1.39. The molecule has 1 atom stereocenters. The summed E-state index contributed by atoms with van der Waals surface area (Å²) in [6.07, 6.45) is 9.86. The molecule has 1 aromatic rings. The Morgan fingerprint density at radius 2 is 1.83 bits per heavy atom. The lowest BCUT2D eigenvalue weighted by Gasteiger charge is -2.14. The highest BCUT2D eigenvalue weighted by molar-refractivity contribution is 7.80. The van der Waals surface area contributed by atoms with Crippen molar-refractivity contribution in [1.82, 2.24) is 5.32 Å². The molecule has 0 aliphatic rings. The predicted molar refractivity (Wildman–Crippen MR) is 100 cm³/mol. The summed E-state index contributed by atoms with van der Waals surface area (Å²) >= 11 is 4.45. The van der Waals surface area contributed by atoms with Crippen molar-refractivity contribution in [3.63, 3.8) is 0 Å². The van der Waals surface area contributed by atoms with Crippen LogP contribution >= 0.6 is 12.6 Å². The van der Waals surface area contributed by atoms with Gasteiger partial charge in [-0.2, -0.15) is 12.6 Å². The highest BCUT2D eigenvalue weighted by Gasteiger charge is 2.10. The van der Waals surface area contributed by atoms with E-state index >= 15 is 0 Å². The number of aromatic hydroxyl groups is 1. The zero-order valence-corrected chi connectivity index (χ0v) is 15.2. The molecule has 4 heteroatoms. The van der Waals surface area contributed by atoms with Crippen LogP contribution < -0.4 is 5.32 Å². The third-order valence-electron chi connectivity index (χ3n) is 4.20. The van der Waals surface area contributed by atoms with Crippen LogP contribution in [0.25, 0.3) is 0 Å². The molecule has 0 bridgehead atoms. The topological polar surface area (TPSA) is 49.3 Å². The minimum Gasteiger partial charge on any atom is -0.507 e. The number of nitrogens with one attached hydrogen (secondary N) is 1. The summed E-state index contributed by atoms with van der Waals surface area (Å²) in [6.45, 7) is 2.88. The van der Waals surface area contributed by atoms with Gasteiger partial charge in [0.05, 0.1) is 5.56 Å². The standard InChI is InChI=1S/C19H31NO2S/c1-2-3-4-5-6-10-16(15-23)11-9-14-20-19(22)17-12-7-8-13-18(17)21/h7-8,12-13,16,21,23H,2-6,9-11,14-15H2,1H3,(H,20,22). The monoisotopic (exact) mass is 337 g/mol. The highest BCUT2D eigenvalue weighted by Crippen LogP contribution is 2.18. The molecule has 3 nitrogen and oxygen atoms in total. The van der Waals surface area contributed by atoms with Crippen LogP contribution in [0.1, 0.15) is 68.6 Å². The number of amides is 1. The Balaban J connectivity index is 2.17. The predicted octanol–water partition coefficient (Wildman–Crippen LogP) is 4.81. The summed E-state index contributed by atoms with van der Waals surface area (Å²) in [5, 5.41) is 12.5. The number of rotatable bonds is 12. The van der Waals surface area contributed by atoms with Gasteiger partial charge in [0.1, 0.15) is 5.75 Å². The van der Waals surface area contributed by atoms with Crippen molar-refractivity contribution < 1.29 is 9.90 Å². The molecular formula is C19H31NO2S. The molecule has 0 spiro atoms. The van der Waals surface area contributed by atoms with E-state index in [4.69, 9.17) is 0 Å². The van der Waals surface area contributed by atoms with Crippen LogP contribution in [0.15, 0.2) is 24.3 Å². The van der Waals surface area contributed by atoms with Gasteiger partial charge >= 0.3 is 0 Å². The second-order valence-electron chi connectivity index (χ2n) is 6.17. The largest absolute Gasteiger partial charge is 0.507 e. The van der Waals surface area contributed by atoms with Gasteiger partial charge in [0, 0.05) is 6.54 Å². The molecule has 1 unspecified atom stereocenters. The quantitative estimate of drug-likeness (QED) is 0.379. The van der Waals surface area contributed by atoms with Crippen LogP contribution in [0.5, 0.6) is 5.75 Å². The maximum absolute atomic E-state index is 12.0. The fraction of sp³-hybridized carbons (Fsp3) is 0.632. The van der Waals surface area contributed by atoms with E-state index in [0.717, 1.165) is 18.6 Å². The second-order valence-corrected chi connectivity index (χ2v) is 6.53. The molecule has 0 aliphatic heterocycles. The summed E-state index contributed by atoms with van der Waals surface area (Å²) in [4.78, 5) is 12.0. The van der Waals surface area contributed by atoms with E-state index in [1.54, 1.807) is 18.2 Å². The van der Waals surface area contributed by atoms with E-state index < -0.39 is 0 Å². The second kappa shape index (κ2) is 12.3. The molecule has 0 aliphatic carbocycles. The van der Waals surface area contributed by atoms with Crippen molar-refractivity contribution in [3.05, 3.63) is 29.8 Å². The van der Waals surface area contributed by atoms with Gasteiger partial charge in [-0.3, -0.25) is 4.79 Å². The number of carbonyl (C=O) groups excluding carboxylic acids is 1. The molecule has 0 aromatic heterocycles. The molecule has 1 amide bonds. The lowest BCUT2D eigenvalue weighted by atomic mass is 9.97. The van der Waals surface area contributed by atoms with Crippen LogP contribution in [0.3, 0.4) is 0 Å². The molecule has 0 fully saturated rings. The first-order valence-electron chi connectivity index (χ1n) is 8.86. The Bertz CT molecular complexity index is 451. The number of phenolic OH excluding ortho intramolecular Hbond substituents is 1. The first kappa shape index (κ1) is 19.9. The molecule has 23 heavy (non-hydrogen) atoms. The third kappa shape index (κ3) is 8.31. The number of benzene rings is 1. The van der Waals surface area contributed by atoms with Crippen molar-refractivity contribution in [2.45, 2.75) is 58.3 Å². The number of carbonyl (C=O) groups is 1. The Hall–Kier alpha value is -1.16. The van der Waals surface area contributed by atoms with Gasteiger partial charge in [0.2, 0.25) is 0 Å². The molecule has 0 saturated carbocycles. The van der Waals surface area contributed by atoms with Crippen molar-refractivity contribution in [2.75, 3.05) is 12.3 Å². The summed E-state index contributed by atoms with van der Waals surface area (Å²) in [5.41, 5.74) is 0.342. The molecule has 0 heterocycles. The number of hydrogen-bond acceptors (Lipinski definition) is 3. The molecule has 2 N–H and O–H groups in total. The smallest absolute Gasteiger partial charge is 0.255 e. The van der Waals surface area contributed by atoms with Crippen LogP contribution in [0.2, 0.25) is 0 Å². The molecule has 0 saturated heterocycles. The van der Waals surface area contributed by atoms with E-state index in [-0.39, 0.29) is 11.7 Å². The van der Waals surface area contributed by atoms with Crippen molar-refractivity contribution in [1.29, 1.82) is 0 Å². The van der Waals surface area contributed by atoms with Crippen molar-refractivity contribution in [3.8, 4) is 5.75 Å². The summed E-state index contributed by atoms with van der Waals surface area (Å²) in [7, 11) is 0. The van der Waals surface area contributed by atoms with Gasteiger partial charge in [0.25, 0.3) is 5.91 Å². The SMILES string of the molecule is CCCCCCCC(CS)CCCNC(=O)c1ccccc1O. The van der Waals surface area contributed by atoms with E-state index in [1.807, 2.05) is 0 Å². The van der Waals surface area contributed by atoms with Crippen LogP contribution in [-0.2, 0) is 0 Å². The van der Waals surface area contributed by atoms with E-state index in [2.05, 4.69) is 24.9 Å². The molecular weight excluding hydrogens is 306 g/mol. The third-order valence-corrected chi connectivity index (χ3v) is 4.71. The van der Waals surface area contributed by atoms with Crippen LogP contribution in [0.4, 0.5) is 0 Å². The number of para-hydroxylation sites is 1. The number of phenols is 1. The maximum atomic E-state index is 12.0. The minimum absolute atomic E-state index is 0.0327. The number of unbranched alkanes of at least 4 members (excludes halogenated alkanes) is 4. The lowest BCUT2D eigenvalue weighted by Crippen LogP contribution is -2.25. The average molecular weight is 338 g/mol. The van der Waals surface area contributed by atoms with Gasteiger partial charge in [0.15, 0.2) is 0 Å². The Morgan fingerprint density at radius 3 is 2.52 bits per heavy atom. The first-order valence-corrected chi connectivity index (χ1v) is 9.49. The van der Waals surface area contributed by atoms with Gasteiger partial charge < -0.3 is 10.4 Å². The Labute approximate surface area is 146 Å². The Kier molecular flexibility index (Phi) is 10.6. The highest BCUT2D eigenvalue weighted by atomic mass is 32.1. The number of hydrogen-bond donors (Lipinski definition) is 3. The zero-order valence-electron chi connectivity index (χ0n) is 14.3. The minimum atomic E-state index is -0.204. The van der Waals surface area contributed by atoms with E-state index in [9.17, 15) is 9.90 Å². The summed E-state index contributed by atoms with van der Waals surface area (Å²) < 4.78 is 0. The molecule has 0 radical (unpaired) electrons. The van der Waals surface area contributed by atoms with Crippen molar-refractivity contribution in [2.24, 2.45) is 5.92 Å². The summed E-state index contributed by atoms with van der Waals surface area (Å²) in [6, 6.07) is 6.63. The van der Waals surface area contributed by atoms with Gasteiger partial charge in [-0.25, -0.2) is 0 Å². The number of thiol groups is 1. The maximum Gasteiger partial charge on any atom is 0.255 e. The van der Waals surface area contributed by atoms with Gasteiger partial charge in [-0.15, -0.1) is 0 Å². The lowest BCUT2D eigenvalue weighted by molar-refractivity contribution is 0.0950.